The van der Waals surface area contributed by atoms with Gasteiger partial charge >= 0.3 is 0 Å². The zero-order valence-electron chi connectivity index (χ0n) is 24.3. The maximum absolute atomic E-state index is 5.30. The summed E-state index contributed by atoms with van der Waals surface area (Å²) in [6, 6.07) is 38.0. The number of allylic oxidation sites excluding steroid dienone is 1. The lowest BCUT2D eigenvalue weighted by Gasteiger charge is -2.33. The number of benzene rings is 4. The second-order valence-electron chi connectivity index (χ2n) is 11.6. The van der Waals surface area contributed by atoms with Crippen LogP contribution in [-0.2, 0) is 0 Å². The van der Waals surface area contributed by atoms with Gasteiger partial charge in [-0.05, 0) is 66.8 Å². The Morgan fingerprint density at radius 1 is 0.690 bits per heavy atom. The molecular weight excluding hydrogens is 508 g/mol. The molecule has 0 saturated heterocycles. The lowest BCUT2D eigenvalue weighted by Crippen LogP contribution is -2.45. The highest BCUT2D eigenvalue weighted by molar-refractivity contribution is 6.10. The molecule has 0 saturated carbocycles. The topological polar surface area (TPSA) is 16.2 Å². The first kappa shape index (κ1) is 26.1. The van der Waals surface area contributed by atoms with E-state index in [0.717, 1.165) is 12.1 Å². The monoisotopic (exact) mass is 543 g/mol. The van der Waals surface area contributed by atoms with Crippen LogP contribution in [0.4, 0.5) is 0 Å². The molecular formula is C40H35N2+. The van der Waals surface area contributed by atoms with E-state index in [1.165, 1.54) is 61.3 Å². The van der Waals surface area contributed by atoms with Gasteiger partial charge in [0.05, 0.1) is 23.2 Å². The molecule has 0 bridgehead atoms. The van der Waals surface area contributed by atoms with Crippen LogP contribution in [0.25, 0.3) is 33.5 Å². The molecule has 2 nitrogen and oxygen atoms in total. The number of nitrogens with zero attached hydrogens (tertiary/aromatic N) is 2. The van der Waals surface area contributed by atoms with Crippen molar-refractivity contribution in [2.45, 2.75) is 38.3 Å². The van der Waals surface area contributed by atoms with Crippen LogP contribution in [0.1, 0.15) is 46.2 Å². The summed E-state index contributed by atoms with van der Waals surface area (Å²) in [5, 5.41) is 0. The van der Waals surface area contributed by atoms with Crippen LogP contribution < -0.4 is 4.57 Å². The fraction of sp³-hybridized carbons (Fsp3) is 0.150. The van der Waals surface area contributed by atoms with Crippen LogP contribution >= 0.6 is 0 Å². The quantitative estimate of drug-likeness (QED) is 0.150. The molecule has 4 aromatic carbocycles. The minimum absolute atomic E-state index is 0.0481. The number of hydrogen-bond donors (Lipinski definition) is 0. The maximum Gasteiger partial charge on any atom is 0.213 e. The SMILES string of the molecule is C=CCC1N=C(C=C)c2ccccc2C1C1c2cc(-c3ccccc3)ccc2-c2ccc(-c3cc(C)cc(C)c3)c[n+]21. The number of aliphatic imine (C=N–C) groups is 1. The second kappa shape index (κ2) is 10.5. The van der Waals surface area contributed by atoms with E-state index >= 15 is 0 Å². The lowest BCUT2D eigenvalue weighted by atomic mass is 9.76. The molecule has 0 spiro atoms. The van der Waals surface area contributed by atoms with Crippen LogP contribution in [-0.4, -0.2) is 11.8 Å². The van der Waals surface area contributed by atoms with Crippen LogP contribution in [0.2, 0.25) is 0 Å². The molecule has 5 aromatic rings. The van der Waals surface area contributed by atoms with Gasteiger partial charge in [-0.3, -0.25) is 4.99 Å². The van der Waals surface area contributed by atoms with E-state index in [1.54, 1.807) is 0 Å². The van der Waals surface area contributed by atoms with E-state index in [0.29, 0.717) is 0 Å². The summed E-state index contributed by atoms with van der Waals surface area (Å²) in [5.74, 6) is 0.133. The van der Waals surface area contributed by atoms with Crippen molar-refractivity contribution in [2.75, 3.05) is 0 Å². The third-order valence-corrected chi connectivity index (χ3v) is 8.84. The fourth-order valence-electron chi connectivity index (χ4n) is 7.13. The van der Waals surface area contributed by atoms with E-state index in [-0.39, 0.29) is 18.0 Å². The molecule has 0 aliphatic carbocycles. The van der Waals surface area contributed by atoms with Gasteiger partial charge in [0.2, 0.25) is 5.69 Å². The smallest absolute Gasteiger partial charge is 0.213 e. The summed E-state index contributed by atoms with van der Waals surface area (Å²) in [6.07, 6.45) is 7.09. The average molecular weight is 544 g/mol. The Morgan fingerprint density at radius 3 is 2.19 bits per heavy atom. The van der Waals surface area contributed by atoms with Crippen molar-refractivity contribution < 1.29 is 4.57 Å². The minimum Gasteiger partial charge on any atom is -0.280 e. The Morgan fingerprint density at radius 2 is 1.43 bits per heavy atom. The molecule has 2 heteroatoms. The summed E-state index contributed by atoms with van der Waals surface area (Å²) in [7, 11) is 0. The van der Waals surface area contributed by atoms with Gasteiger partial charge in [0.15, 0.2) is 12.2 Å². The molecule has 0 radical (unpaired) electrons. The molecule has 3 heterocycles. The van der Waals surface area contributed by atoms with E-state index in [2.05, 4.69) is 141 Å². The lowest BCUT2D eigenvalue weighted by molar-refractivity contribution is -0.700. The largest absolute Gasteiger partial charge is 0.280 e. The van der Waals surface area contributed by atoms with Crippen LogP contribution in [0.5, 0.6) is 0 Å². The number of aryl methyl sites for hydroxylation is 2. The molecule has 1 aromatic heterocycles. The molecule has 3 unspecified atom stereocenters. The zero-order valence-corrected chi connectivity index (χ0v) is 24.3. The van der Waals surface area contributed by atoms with Crippen molar-refractivity contribution in [1.29, 1.82) is 0 Å². The van der Waals surface area contributed by atoms with Crippen molar-refractivity contribution >= 4 is 5.71 Å². The third-order valence-electron chi connectivity index (χ3n) is 8.84. The van der Waals surface area contributed by atoms with Gasteiger partial charge in [0.1, 0.15) is 0 Å². The number of fused-ring (bicyclic) bond motifs is 4. The first-order valence-corrected chi connectivity index (χ1v) is 14.8. The molecule has 7 rings (SSSR count). The van der Waals surface area contributed by atoms with Gasteiger partial charge in [-0.2, -0.15) is 4.57 Å². The summed E-state index contributed by atoms with van der Waals surface area (Å²) >= 11 is 0. The second-order valence-corrected chi connectivity index (χ2v) is 11.6. The summed E-state index contributed by atoms with van der Waals surface area (Å²) < 4.78 is 2.53. The van der Waals surface area contributed by atoms with E-state index in [4.69, 9.17) is 4.99 Å². The van der Waals surface area contributed by atoms with Crippen molar-refractivity contribution in [2.24, 2.45) is 4.99 Å². The van der Waals surface area contributed by atoms with E-state index < -0.39 is 0 Å². The predicted octanol–water partition coefficient (Wildman–Crippen LogP) is 9.21. The normalized spacial score (nSPS) is 18.4. The highest BCUT2D eigenvalue weighted by Crippen LogP contribution is 2.48. The summed E-state index contributed by atoms with van der Waals surface area (Å²) in [4.78, 5) is 5.30. The Balaban J connectivity index is 1.48. The Kier molecular flexibility index (Phi) is 6.55. The average Bonchev–Trinajstić information content (AvgIpc) is 3.33. The summed E-state index contributed by atoms with van der Waals surface area (Å²) in [6.45, 7) is 12.6. The number of pyridine rings is 1. The first-order chi connectivity index (χ1) is 20.6. The van der Waals surface area contributed by atoms with Gasteiger partial charge in [-0.25, -0.2) is 0 Å². The molecule has 3 atom stereocenters. The third kappa shape index (κ3) is 4.35. The molecule has 0 N–H and O–H groups in total. The van der Waals surface area contributed by atoms with Crippen molar-refractivity contribution in [3.63, 3.8) is 0 Å². The molecule has 2 aliphatic heterocycles. The van der Waals surface area contributed by atoms with Crippen LogP contribution in [0.15, 0.2) is 140 Å². The van der Waals surface area contributed by atoms with Gasteiger partial charge in [0.25, 0.3) is 0 Å². The minimum atomic E-state index is 0.0481. The highest BCUT2D eigenvalue weighted by Gasteiger charge is 2.47. The number of aromatic nitrogens is 1. The summed E-state index contributed by atoms with van der Waals surface area (Å²) in [5.41, 5.74) is 14.9. The van der Waals surface area contributed by atoms with Gasteiger partial charge in [-0.15, -0.1) is 6.58 Å². The zero-order chi connectivity index (χ0) is 28.8. The van der Waals surface area contributed by atoms with Crippen molar-refractivity contribution in [3.8, 4) is 33.5 Å². The molecule has 42 heavy (non-hydrogen) atoms. The van der Waals surface area contributed by atoms with E-state index in [9.17, 15) is 0 Å². The Bertz CT molecular complexity index is 1860. The molecule has 2 aliphatic rings. The molecule has 204 valence electrons. The van der Waals surface area contributed by atoms with Gasteiger partial charge < -0.3 is 0 Å². The first-order valence-electron chi connectivity index (χ1n) is 14.8. The van der Waals surface area contributed by atoms with Crippen LogP contribution in [0.3, 0.4) is 0 Å². The maximum atomic E-state index is 5.30. The van der Waals surface area contributed by atoms with E-state index in [1.807, 2.05) is 12.2 Å². The Hall–Kier alpha value is -4.82. The predicted molar refractivity (Wildman–Crippen MR) is 175 cm³/mol. The van der Waals surface area contributed by atoms with Crippen molar-refractivity contribution in [3.05, 3.63) is 162 Å². The number of hydrogen-bond acceptors (Lipinski definition) is 1. The Labute approximate surface area is 249 Å². The molecule has 0 fully saturated rings. The highest BCUT2D eigenvalue weighted by atomic mass is 15.1. The number of rotatable bonds is 6. The molecule has 0 amide bonds. The van der Waals surface area contributed by atoms with Gasteiger partial charge in [-0.1, -0.05) is 103 Å². The standard InChI is InChI=1S/C40H35N2/c1-5-12-37-39(34-16-11-10-15-32(34)36(6-2)41-37)40-35-24-29(28-13-8-7-9-14-28)17-19-33(35)38-20-18-30(25-42(38)40)31-22-26(3)21-27(4)23-31/h5-11,13-25,37,39-40H,1-2,12H2,3-4H3/q+1. The van der Waals surface area contributed by atoms with Crippen molar-refractivity contribution in [1.82, 2.24) is 0 Å². The van der Waals surface area contributed by atoms with Gasteiger partial charge in [0, 0.05) is 22.8 Å². The fourth-order valence-corrected chi connectivity index (χ4v) is 7.13. The van der Waals surface area contributed by atoms with Crippen LogP contribution in [0, 0.1) is 13.8 Å².